The largest absolute Gasteiger partial charge is 0.454 e. The van der Waals surface area contributed by atoms with Crippen molar-refractivity contribution in [3.8, 4) is 11.5 Å². The van der Waals surface area contributed by atoms with Crippen LogP contribution in [0.15, 0.2) is 54.9 Å². The summed E-state index contributed by atoms with van der Waals surface area (Å²) in [4.78, 5) is 35.2. The molecule has 0 spiro atoms. The molecule has 0 fully saturated rings. The molecule has 3 heterocycles. The fraction of sp³-hybridized carbons (Fsp3) is 0.182. The molecule has 31 heavy (non-hydrogen) atoms. The van der Waals surface area contributed by atoms with Crippen molar-refractivity contribution in [1.82, 2.24) is 15.3 Å². The number of rotatable bonds is 4. The van der Waals surface area contributed by atoms with Crippen LogP contribution in [0.2, 0.25) is 0 Å². The minimum Gasteiger partial charge on any atom is -0.454 e. The predicted molar refractivity (Wildman–Crippen MR) is 108 cm³/mol. The fourth-order valence-corrected chi connectivity index (χ4v) is 3.34. The third-order valence-corrected chi connectivity index (χ3v) is 4.91. The number of nitrogens with zero attached hydrogens (tertiary/aromatic N) is 3. The molecule has 4 rings (SSSR count). The average Bonchev–Trinajstić information content (AvgIpc) is 2.88. The molecule has 0 saturated heterocycles. The molecule has 0 aliphatic carbocycles. The molecular weight excluding hydrogens is 406 g/mol. The summed E-state index contributed by atoms with van der Waals surface area (Å²) in [5, 5.41) is 2.70. The summed E-state index contributed by atoms with van der Waals surface area (Å²) in [6.45, 7) is 0. The van der Waals surface area contributed by atoms with Gasteiger partial charge in [0, 0.05) is 31.6 Å². The number of carbonyl (C=O) groups is 2. The summed E-state index contributed by atoms with van der Waals surface area (Å²) in [7, 11) is 1.61. The van der Waals surface area contributed by atoms with E-state index in [2.05, 4.69) is 15.3 Å². The average molecular weight is 424 g/mol. The van der Waals surface area contributed by atoms with Crippen LogP contribution in [-0.4, -0.2) is 34.9 Å². The monoisotopic (exact) mass is 424 g/mol. The summed E-state index contributed by atoms with van der Waals surface area (Å²) < 4.78 is 32.3. The van der Waals surface area contributed by atoms with Gasteiger partial charge in [-0.3, -0.25) is 19.5 Å². The lowest BCUT2D eigenvalue weighted by atomic mass is 10.1. The molecule has 0 radical (unpaired) electrons. The molecule has 1 aromatic carbocycles. The van der Waals surface area contributed by atoms with E-state index in [0.717, 1.165) is 17.7 Å². The standard InChI is InChI=1S/C22H18F2N4O3/c1-28-20-13(3-2-9-26-20)4-6-17(22(28)30)27-21(29)18-12-15(8-10-25-18)31-19-7-5-14(23)11-16(19)24/h2-3,5,7-12,17H,4,6H2,1H3,(H,27,29). The Balaban J connectivity index is 1.49. The zero-order valence-corrected chi connectivity index (χ0v) is 16.5. The summed E-state index contributed by atoms with van der Waals surface area (Å²) in [6, 6.07) is 8.61. The highest BCUT2D eigenvalue weighted by atomic mass is 19.1. The zero-order chi connectivity index (χ0) is 22.0. The fourth-order valence-electron chi connectivity index (χ4n) is 3.34. The van der Waals surface area contributed by atoms with Crippen molar-refractivity contribution in [2.24, 2.45) is 0 Å². The topological polar surface area (TPSA) is 84.4 Å². The Labute approximate surface area is 176 Å². The first-order valence-corrected chi connectivity index (χ1v) is 9.53. The first-order chi connectivity index (χ1) is 14.9. The van der Waals surface area contributed by atoms with Gasteiger partial charge in [0.25, 0.3) is 5.91 Å². The molecular formula is C22H18F2N4O3. The summed E-state index contributed by atoms with van der Waals surface area (Å²) >= 11 is 0. The van der Waals surface area contributed by atoms with Gasteiger partial charge in [-0.1, -0.05) is 6.07 Å². The van der Waals surface area contributed by atoms with Crippen molar-refractivity contribution in [3.63, 3.8) is 0 Å². The molecule has 3 aromatic rings. The van der Waals surface area contributed by atoms with Crippen molar-refractivity contribution in [1.29, 1.82) is 0 Å². The van der Waals surface area contributed by atoms with Crippen LogP contribution in [-0.2, 0) is 11.2 Å². The number of amides is 2. The van der Waals surface area contributed by atoms with Crippen molar-refractivity contribution < 1.29 is 23.1 Å². The Morgan fingerprint density at radius 2 is 2.00 bits per heavy atom. The zero-order valence-electron chi connectivity index (χ0n) is 16.5. The highest BCUT2D eigenvalue weighted by Crippen LogP contribution is 2.26. The number of nitrogens with one attached hydrogen (secondary N) is 1. The third kappa shape index (κ3) is 4.35. The number of hydrogen-bond donors (Lipinski definition) is 1. The molecule has 2 aromatic heterocycles. The molecule has 1 aliphatic heterocycles. The Morgan fingerprint density at radius 1 is 1.16 bits per heavy atom. The first kappa shape index (κ1) is 20.4. The Hall–Kier alpha value is -3.88. The van der Waals surface area contributed by atoms with E-state index in [1.165, 1.54) is 23.2 Å². The van der Waals surface area contributed by atoms with E-state index in [9.17, 15) is 18.4 Å². The molecule has 1 N–H and O–H groups in total. The van der Waals surface area contributed by atoms with E-state index in [0.29, 0.717) is 24.7 Å². The van der Waals surface area contributed by atoms with E-state index in [1.54, 1.807) is 19.3 Å². The third-order valence-electron chi connectivity index (χ3n) is 4.91. The number of ether oxygens (including phenoxy) is 1. The van der Waals surface area contributed by atoms with E-state index in [-0.39, 0.29) is 23.1 Å². The second-order valence-electron chi connectivity index (χ2n) is 7.00. The SMILES string of the molecule is CN1C(=O)C(NC(=O)c2cc(Oc3ccc(F)cc3F)ccn2)CCc2cccnc21. The molecule has 0 bridgehead atoms. The maximum atomic E-state index is 13.8. The number of aromatic nitrogens is 2. The second kappa shape index (κ2) is 8.47. The predicted octanol–water partition coefficient (Wildman–Crippen LogP) is 3.25. The Bertz CT molecular complexity index is 1160. The number of fused-ring (bicyclic) bond motifs is 1. The molecule has 1 unspecified atom stereocenters. The molecule has 0 saturated carbocycles. The van der Waals surface area contributed by atoms with Gasteiger partial charge in [-0.15, -0.1) is 0 Å². The lowest BCUT2D eigenvalue weighted by Crippen LogP contribution is -2.47. The lowest BCUT2D eigenvalue weighted by Gasteiger charge is -2.21. The quantitative estimate of drug-likeness (QED) is 0.695. The van der Waals surface area contributed by atoms with Crippen LogP contribution < -0.4 is 15.0 Å². The first-order valence-electron chi connectivity index (χ1n) is 9.53. The number of carbonyl (C=O) groups excluding carboxylic acids is 2. The molecule has 1 atom stereocenters. The second-order valence-corrected chi connectivity index (χ2v) is 7.00. The minimum atomic E-state index is -0.872. The number of pyridine rings is 2. The van der Waals surface area contributed by atoms with Gasteiger partial charge in [-0.05, 0) is 42.7 Å². The van der Waals surface area contributed by atoms with Crippen LogP contribution in [0.4, 0.5) is 14.6 Å². The summed E-state index contributed by atoms with van der Waals surface area (Å²) in [6.07, 6.45) is 3.92. The summed E-state index contributed by atoms with van der Waals surface area (Å²) in [5.74, 6) is -1.93. The number of hydrogen-bond acceptors (Lipinski definition) is 5. The van der Waals surface area contributed by atoms with Gasteiger partial charge < -0.3 is 10.1 Å². The highest BCUT2D eigenvalue weighted by molar-refractivity contribution is 6.01. The van der Waals surface area contributed by atoms with Gasteiger partial charge in [0.1, 0.15) is 29.1 Å². The maximum absolute atomic E-state index is 13.8. The Kier molecular flexibility index (Phi) is 5.57. The summed E-state index contributed by atoms with van der Waals surface area (Å²) in [5.41, 5.74) is 0.917. The number of anilines is 1. The van der Waals surface area contributed by atoms with E-state index < -0.39 is 23.6 Å². The molecule has 158 valence electrons. The Morgan fingerprint density at radius 3 is 2.81 bits per heavy atom. The van der Waals surface area contributed by atoms with Crippen molar-refractivity contribution in [3.05, 3.63) is 77.8 Å². The van der Waals surface area contributed by atoms with Crippen LogP contribution in [0.1, 0.15) is 22.5 Å². The number of halogens is 2. The minimum absolute atomic E-state index is 0.00430. The van der Waals surface area contributed by atoms with Gasteiger partial charge >= 0.3 is 0 Å². The maximum Gasteiger partial charge on any atom is 0.270 e. The van der Waals surface area contributed by atoms with Crippen molar-refractivity contribution in [2.45, 2.75) is 18.9 Å². The number of benzene rings is 1. The van der Waals surface area contributed by atoms with Crippen LogP contribution in [0.5, 0.6) is 11.5 Å². The van der Waals surface area contributed by atoms with Crippen LogP contribution in [0.3, 0.4) is 0 Å². The van der Waals surface area contributed by atoms with Crippen LogP contribution in [0, 0.1) is 11.6 Å². The number of likely N-dealkylation sites (N-methyl/N-ethyl adjacent to an activating group) is 1. The van der Waals surface area contributed by atoms with Gasteiger partial charge in [0.2, 0.25) is 5.91 Å². The van der Waals surface area contributed by atoms with Gasteiger partial charge in [-0.2, -0.15) is 0 Å². The van der Waals surface area contributed by atoms with Crippen molar-refractivity contribution >= 4 is 17.6 Å². The van der Waals surface area contributed by atoms with Crippen LogP contribution in [0.25, 0.3) is 0 Å². The van der Waals surface area contributed by atoms with E-state index in [1.807, 2.05) is 6.07 Å². The molecule has 9 heteroatoms. The highest BCUT2D eigenvalue weighted by Gasteiger charge is 2.30. The normalized spacial score (nSPS) is 15.8. The molecule has 1 aliphatic rings. The lowest BCUT2D eigenvalue weighted by molar-refractivity contribution is -0.120. The molecule has 7 nitrogen and oxygen atoms in total. The smallest absolute Gasteiger partial charge is 0.270 e. The van der Waals surface area contributed by atoms with E-state index in [4.69, 9.17) is 4.74 Å². The van der Waals surface area contributed by atoms with Crippen molar-refractivity contribution in [2.75, 3.05) is 11.9 Å². The van der Waals surface area contributed by atoms with E-state index >= 15 is 0 Å². The van der Waals surface area contributed by atoms with Gasteiger partial charge in [-0.25, -0.2) is 13.8 Å². The molecule has 2 amide bonds. The van der Waals surface area contributed by atoms with Crippen LogP contribution >= 0.6 is 0 Å². The van der Waals surface area contributed by atoms with Gasteiger partial charge in [0.15, 0.2) is 11.6 Å². The number of aryl methyl sites for hydroxylation is 1. The van der Waals surface area contributed by atoms with Gasteiger partial charge in [0.05, 0.1) is 0 Å².